The van der Waals surface area contributed by atoms with E-state index in [1.165, 1.54) is 12.3 Å². The van der Waals surface area contributed by atoms with Crippen LogP contribution in [0.15, 0.2) is 76.1 Å². The lowest BCUT2D eigenvalue weighted by Gasteiger charge is -2.11. The zero-order chi connectivity index (χ0) is 22.8. The highest BCUT2D eigenvalue weighted by molar-refractivity contribution is 6.32. The van der Waals surface area contributed by atoms with Crippen LogP contribution in [-0.2, 0) is 0 Å². The molecular formula is C24H17ClN6O2. The van der Waals surface area contributed by atoms with Crippen LogP contribution in [0.1, 0.15) is 17.3 Å². The monoisotopic (exact) mass is 456 g/mol. The normalized spacial score (nSPS) is 11.3. The molecule has 0 unspecified atom stereocenters. The summed E-state index contributed by atoms with van der Waals surface area (Å²) in [5, 5.41) is 17.4. The topological polar surface area (TPSA) is 102 Å². The van der Waals surface area contributed by atoms with Gasteiger partial charge in [-0.1, -0.05) is 53.6 Å². The van der Waals surface area contributed by atoms with Crippen molar-refractivity contribution in [1.29, 1.82) is 0 Å². The van der Waals surface area contributed by atoms with Crippen LogP contribution in [0.3, 0.4) is 0 Å². The van der Waals surface area contributed by atoms with Gasteiger partial charge in [-0.05, 0) is 31.2 Å². The Balaban J connectivity index is 1.55. The van der Waals surface area contributed by atoms with Crippen molar-refractivity contribution in [2.75, 3.05) is 0 Å². The molecule has 0 radical (unpaired) electrons. The van der Waals surface area contributed by atoms with E-state index in [1.807, 2.05) is 60.0 Å². The Bertz CT molecular complexity index is 1510. The van der Waals surface area contributed by atoms with Gasteiger partial charge in [0, 0.05) is 29.5 Å². The molecule has 0 saturated heterocycles. The molecule has 0 atom stereocenters. The molecule has 162 valence electrons. The second-order valence-electron chi connectivity index (χ2n) is 7.26. The number of aromatic amines is 1. The minimum Gasteiger partial charge on any atom is -0.417 e. The molecule has 3 heterocycles. The largest absolute Gasteiger partial charge is 0.417 e. The van der Waals surface area contributed by atoms with Gasteiger partial charge in [0.05, 0.1) is 10.7 Å². The van der Waals surface area contributed by atoms with Crippen LogP contribution in [0.25, 0.3) is 40.7 Å². The third kappa shape index (κ3) is 4.24. The van der Waals surface area contributed by atoms with Gasteiger partial charge in [0.25, 0.3) is 0 Å². The van der Waals surface area contributed by atoms with Crippen molar-refractivity contribution in [3.05, 3.63) is 99.5 Å². The number of hydrogen-bond acceptors (Lipinski definition) is 6. The molecule has 0 spiro atoms. The Morgan fingerprint density at radius 2 is 1.76 bits per heavy atom. The van der Waals surface area contributed by atoms with E-state index in [-0.39, 0.29) is 17.3 Å². The summed E-state index contributed by atoms with van der Waals surface area (Å²) in [4.78, 5) is 14.1. The SMILES string of the molecule is Cc1ccc(-c2nnc(/C=C/c3nnc(-c4cc[nH]c(=O)c4)o3)n2-c2ccccc2Cl)cc1. The fourth-order valence-electron chi connectivity index (χ4n) is 3.31. The molecule has 1 N–H and O–H groups in total. The Labute approximate surface area is 193 Å². The molecule has 3 aromatic heterocycles. The lowest BCUT2D eigenvalue weighted by Crippen LogP contribution is -2.01. The quantitative estimate of drug-likeness (QED) is 0.407. The first-order valence-corrected chi connectivity index (χ1v) is 10.4. The predicted molar refractivity (Wildman–Crippen MR) is 126 cm³/mol. The number of benzene rings is 2. The summed E-state index contributed by atoms with van der Waals surface area (Å²) in [5.41, 5.74) is 3.08. The van der Waals surface area contributed by atoms with Crippen LogP contribution < -0.4 is 5.56 Å². The molecular weight excluding hydrogens is 440 g/mol. The molecule has 5 rings (SSSR count). The van der Waals surface area contributed by atoms with Crippen molar-refractivity contribution < 1.29 is 4.42 Å². The summed E-state index contributed by atoms with van der Waals surface area (Å²) in [7, 11) is 0. The molecule has 8 nitrogen and oxygen atoms in total. The van der Waals surface area contributed by atoms with Gasteiger partial charge in [-0.25, -0.2) is 0 Å². The van der Waals surface area contributed by atoms with E-state index < -0.39 is 0 Å². The Kier molecular flexibility index (Phi) is 5.42. The highest BCUT2D eigenvalue weighted by atomic mass is 35.5. The van der Waals surface area contributed by atoms with Gasteiger partial charge in [0.1, 0.15) is 0 Å². The minimum atomic E-state index is -0.251. The third-order valence-corrected chi connectivity index (χ3v) is 5.25. The maximum Gasteiger partial charge on any atom is 0.248 e. The standard InChI is InChI=1S/C24H17ClN6O2/c1-15-6-8-16(9-7-15)23-29-27-20(31(23)19-5-3-2-4-18(19)25)10-11-22-28-30-24(33-22)17-12-13-26-21(32)14-17/h2-14H,1H3,(H,26,32)/b11-10+. The molecule has 0 aliphatic heterocycles. The molecule has 0 saturated carbocycles. The molecule has 0 fully saturated rings. The molecule has 5 aromatic rings. The first-order valence-electron chi connectivity index (χ1n) is 10.1. The van der Waals surface area contributed by atoms with E-state index in [9.17, 15) is 4.79 Å². The number of pyridine rings is 1. The smallest absolute Gasteiger partial charge is 0.248 e. The second kappa shape index (κ2) is 8.68. The highest BCUT2D eigenvalue weighted by Crippen LogP contribution is 2.28. The number of aryl methyl sites for hydroxylation is 1. The number of aromatic nitrogens is 6. The van der Waals surface area contributed by atoms with Gasteiger partial charge < -0.3 is 9.40 Å². The van der Waals surface area contributed by atoms with Crippen LogP contribution in [0.2, 0.25) is 5.02 Å². The molecule has 33 heavy (non-hydrogen) atoms. The van der Waals surface area contributed by atoms with Gasteiger partial charge in [-0.15, -0.1) is 20.4 Å². The summed E-state index contributed by atoms with van der Waals surface area (Å²) < 4.78 is 7.55. The van der Waals surface area contributed by atoms with Crippen LogP contribution >= 0.6 is 11.6 Å². The van der Waals surface area contributed by atoms with Crippen molar-refractivity contribution in [3.63, 3.8) is 0 Å². The lowest BCUT2D eigenvalue weighted by atomic mass is 10.1. The number of para-hydroxylation sites is 1. The highest BCUT2D eigenvalue weighted by Gasteiger charge is 2.16. The average Bonchev–Trinajstić information content (AvgIpc) is 3.46. The van der Waals surface area contributed by atoms with E-state index in [0.717, 1.165) is 16.8 Å². The third-order valence-electron chi connectivity index (χ3n) is 4.93. The molecule has 2 aromatic carbocycles. The molecule has 0 aliphatic carbocycles. The average molecular weight is 457 g/mol. The van der Waals surface area contributed by atoms with Gasteiger partial charge in [0.15, 0.2) is 11.6 Å². The number of rotatable bonds is 5. The van der Waals surface area contributed by atoms with Crippen molar-refractivity contribution >= 4 is 23.8 Å². The summed E-state index contributed by atoms with van der Waals surface area (Å²) in [6.07, 6.45) is 4.89. The Morgan fingerprint density at radius 1 is 0.939 bits per heavy atom. The van der Waals surface area contributed by atoms with Gasteiger partial charge >= 0.3 is 0 Å². The van der Waals surface area contributed by atoms with Gasteiger partial charge in [0.2, 0.25) is 17.3 Å². The zero-order valence-corrected chi connectivity index (χ0v) is 18.2. The zero-order valence-electron chi connectivity index (χ0n) is 17.4. The van der Waals surface area contributed by atoms with E-state index in [1.54, 1.807) is 18.2 Å². The fourth-order valence-corrected chi connectivity index (χ4v) is 3.53. The van der Waals surface area contributed by atoms with E-state index in [4.69, 9.17) is 16.0 Å². The minimum absolute atomic E-state index is 0.244. The lowest BCUT2D eigenvalue weighted by molar-refractivity contribution is 0.557. The van der Waals surface area contributed by atoms with Gasteiger partial charge in [-0.3, -0.25) is 9.36 Å². The number of nitrogens with zero attached hydrogens (tertiary/aromatic N) is 5. The van der Waals surface area contributed by atoms with Crippen molar-refractivity contribution in [2.45, 2.75) is 6.92 Å². The summed E-state index contributed by atoms with van der Waals surface area (Å²) in [6, 6.07) is 18.6. The number of hydrogen-bond donors (Lipinski definition) is 1. The van der Waals surface area contributed by atoms with Crippen LogP contribution in [-0.4, -0.2) is 29.9 Å². The first kappa shape index (κ1) is 20.6. The summed E-state index contributed by atoms with van der Waals surface area (Å²) in [6.45, 7) is 2.03. The van der Waals surface area contributed by atoms with Crippen molar-refractivity contribution in [2.24, 2.45) is 0 Å². The van der Waals surface area contributed by atoms with Gasteiger partial charge in [-0.2, -0.15) is 0 Å². The summed E-state index contributed by atoms with van der Waals surface area (Å²) in [5.74, 6) is 1.69. The van der Waals surface area contributed by atoms with Crippen LogP contribution in [0.5, 0.6) is 0 Å². The van der Waals surface area contributed by atoms with Crippen molar-refractivity contribution in [1.82, 2.24) is 29.9 Å². The van der Waals surface area contributed by atoms with Crippen LogP contribution in [0, 0.1) is 6.92 Å². The summed E-state index contributed by atoms with van der Waals surface area (Å²) >= 11 is 6.50. The van der Waals surface area contributed by atoms with E-state index in [2.05, 4.69) is 25.4 Å². The molecule has 0 bridgehead atoms. The molecule has 0 amide bonds. The first-order chi connectivity index (χ1) is 16.1. The maximum atomic E-state index is 11.5. The maximum absolute atomic E-state index is 11.5. The fraction of sp³-hybridized carbons (Fsp3) is 0.0417. The van der Waals surface area contributed by atoms with E-state index >= 15 is 0 Å². The van der Waals surface area contributed by atoms with Crippen molar-refractivity contribution in [3.8, 4) is 28.5 Å². The van der Waals surface area contributed by atoms with E-state index in [0.29, 0.717) is 22.2 Å². The molecule has 0 aliphatic rings. The number of H-pyrrole nitrogens is 1. The Hall–Kier alpha value is -4.30. The van der Waals surface area contributed by atoms with Crippen LogP contribution in [0.4, 0.5) is 0 Å². The Morgan fingerprint density at radius 3 is 2.55 bits per heavy atom. The predicted octanol–water partition coefficient (Wildman–Crippen LogP) is 4.80. The number of nitrogens with one attached hydrogen (secondary N) is 1. The molecule has 9 heteroatoms. The number of halogens is 1. The second-order valence-corrected chi connectivity index (χ2v) is 7.66.